The standard InChI is InChI=1S/C9H11N5O2/c1-14-9(11-12-13-14)16-8-5-6(10)3-4-7(8)15-2/h3-5H,10H2,1-2H3. The molecule has 0 saturated carbocycles. The Morgan fingerprint density at radius 3 is 2.75 bits per heavy atom. The van der Waals surface area contributed by atoms with Crippen molar-refractivity contribution in [3.63, 3.8) is 0 Å². The lowest BCUT2D eigenvalue weighted by atomic mass is 10.3. The highest BCUT2D eigenvalue weighted by molar-refractivity contribution is 5.52. The van der Waals surface area contributed by atoms with Crippen molar-refractivity contribution in [3.05, 3.63) is 18.2 Å². The van der Waals surface area contributed by atoms with Gasteiger partial charge in [0.2, 0.25) is 0 Å². The minimum Gasteiger partial charge on any atom is -0.493 e. The summed E-state index contributed by atoms with van der Waals surface area (Å²) in [4.78, 5) is 0. The van der Waals surface area contributed by atoms with E-state index in [0.717, 1.165) is 0 Å². The molecule has 0 aliphatic heterocycles. The lowest BCUT2D eigenvalue weighted by molar-refractivity contribution is 0.359. The second-order valence-electron chi connectivity index (χ2n) is 3.10. The zero-order valence-electron chi connectivity index (χ0n) is 8.91. The summed E-state index contributed by atoms with van der Waals surface area (Å²) in [7, 11) is 3.22. The Labute approximate surface area is 91.8 Å². The van der Waals surface area contributed by atoms with Crippen molar-refractivity contribution in [2.45, 2.75) is 0 Å². The zero-order chi connectivity index (χ0) is 11.5. The van der Waals surface area contributed by atoms with Crippen LogP contribution in [-0.2, 0) is 7.05 Å². The van der Waals surface area contributed by atoms with Crippen LogP contribution in [0, 0.1) is 0 Å². The van der Waals surface area contributed by atoms with E-state index in [1.54, 1.807) is 32.4 Å². The van der Waals surface area contributed by atoms with Crippen LogP contribution in [0.25, 0.3) is 0 Å². The van der Waals surface area contributed by atoms with Gasteiger partial charge in [-0.05, 0) is 22.6 Å². The van der Waals surface area contributed by atoms with Crippen molar-refractivity contribution in [2.24, 2.45) is 7.05 Å². The highest BCUT2D eigenvalue weighted by Gasteiger charge is 2.10. The summed E-state index contributed by atoms with van der Waals surface area (Å²) in [6.07, 6.45) is 0. The molecule has 0 unspecified atom stereocenters. The molecule has 1 heterocycles. The Morgan fingerprint density at radius 1 is 1.31 bits per heavy atom. The number of tetrazole rings is 1. The molecule has 1 aromatic carbocycles. The molecule has 0 spiro atoms. The van der Waals surface area contributed by atoms with Gasteiger partial charge < -0.3 is 15.2 Å². The van der Waals surface area contributed by atoms with Crippen LogP contribution in [0.15, 0.2) is 18.2 Å². The number of methoxy groups -OCH3 is 1. The van der Waals surface area contributed by atoms with Gasteiger partial charge in [0.1, 0.15) is 0 Å². The molecule has 2 aromatic rings. The molecular formula is C9H11N5O2. The van der Waals surface area contributed by atoms with Gasteiger partial charge in [0.05, 0.1) is 7.11 Å². The van der Waals surface area contributed by atoms with Crippen molar-refractivity contribution in [1.29, 1.82) is 0 Å². The lowest BCUT2D eigenvalue weighted by Gasteiger charge is -2.08. The smallest absolute Gasteiger partial charge is 0.340 e. The molecule has 1 aromatic heterocycles. The van der Waals surface area contributed by atoms with Gasteiger partial charge in [0, 0.05) is 18.8 Å². The maximum absolute atomic E-state index is 5.66. The SMILES string of the molecule is COc1ccc(N)cc1Oc1nnnn1C. The van der Waals surface area contributed by atoms with Gasteiger partial charge in [-0.1, -0.05) is 5.10 Å². The molecule has 2 N–H and O–H groups in total. The minimum absolute atomic E-state index is 0.268. The van der Waals surface area contributed by atoms with Crippen molar-refractivity contribution < 1.29 is 9.47 Å². The molecule has 2 rings (SSSR count). The van der Waals surface area contributed by atoms with Crippen molar-refractivity contribution in [1.82, 2.24) is 20.2 Å². The van der Waals surface area contributed by atoms with Crippen molar-refractivity contribution in [2.75, 3.05) is 12.8 Å². The zero-order valence-corrected chi connectivity index (χ0v) is 8.91. The fourth-order valence-corrected chi connectivity index (χ4v) is 1.18. The first-order valence-electron chi connectivity index (χ1n) is 4.54. The Kier molecular flexibility index (Phi) is 2.59. The summed E-state index contributed by atoms with van der Waals surface area (Å²) in [6, 6.07) is 5.35. The lowest BCUT2D eigenvalue weighted by Crippen LogP contribution is -1.98. The van der Waals surface area contributed by atoms with E-state index in [-0.39, 0.29) is 6.01 Å². The average Bonchev–Trinajstić information content (AvgIpc) is 2.65. The summed E-state index contributed by atoms with van der Waals surface area (Å²) < 4.78 is 12.0. The third-order valence-corrected chi connectivity index (χ3v) is 1.97. The molecule has 0 radical (unpaired) electrons. The van der Waals surface area contributed by atoms with Crippen LogP contribution in [0.3, 0.4) is 0 Å². The maximum atomic E-state index is 5.66. The Bertz CT molecular complexity index is 496. The number of nitrogens with two attached hydrogens (primary N) is 1. The quantitative estimate of drug-likeness (QED) is 0.763. The van der Waals surface area contributed by atoms with E-state index in [1.165, 1.54) is 4.68 Å². The summed E-state index contributed by atoms with van der Waals surface area (Å²) in [5, 5.41) is 10.8. The highest BCUT2D eigenvalue weighted by Crippen LogP contribution is 2.31. The summed E-state index contributed by atoms with van der Waals surface area (Å²) in [5.41, 5.74) is 6.23. The predicted octanol–water partition coefficient (Wildman–Crippen LogP) is 0.593. The number of aromatic nitrogens is 4. The molecule has 0 aliphatic rings. The van der Waals surface area contributed by atoms with Crippen molar-refractivity contribution in [3.8, 4) is 17.5 Å². The van der Waals surface area contributed by atoms with Crippen LogP contribution in [0.5, 0.6) is 17.5 Å². The third-order valence-electron chi connectivity index (χ3n) is 1.97. The molecule has 0 aliphatic carbocycles. The van der Waals surface area contributed by atoms with Gasteiger partial charge in [-0.15, -0.1) is 0 Å². The maximum Gasteiger partial charge on any atom is 0.340 e. The van der Waals surface area contributed by atoms with Crippen molar-refractivity contribution >= 4 is 5.69 Å². The van der Waals surface area contributed by atoms with Crippen LogP contribution in [0.2, 0.25) is 0 Å². The van der Waals surface area contributed by atoms with Crippen LogP contribution in [-0.4, -0.2) is 27.3 Å². The van der Waals surface area contributed by atoms with E-state index >= 15 is 0 Å². The number of hydrogen-bond donors (Lipinski definition) is 1. The Hall–Kier alpha value is -2.31. The molecule has 0 bridgehead atoms. The Morgan fingerprint density at radius 2 is 2.12 bits per heavy atom. The first kappa shape index (κ1) is 10.2. The topological polar surface area (TPSA) is 88.1 Å². The number of benzene rings is 1. The molecule has 7 heteroatoms. The molecular weight excluding hydrogens is 210 g/mol. The highest BCUT2D eigenvalue weighted by atomic mass is 16.5. The average molecular weight is 221 g/mol. The van der Waals surface area contributed by atoms with E-state index in [2.05, 4.69) is 15.5 Å². The number of aryl methyl sites for hydroxylation is 1. The molecule has 7 nitrogen and oxygen atoms in total. The van der Waals surface area contributed by atoms with Gasteiger partial charge >= 0.3 is 6.01 Å². The van der Waals surface area contributed by atoms with Gasteiger partial charge in [-0.25, -0.2) is 0 Å². The number of nitrogens with zero attached hydrogens (tertiary/aromatic N) is 4. The third kappa shape index (κ3) is 1.88. The van der Waals surface area contributed by atoms with Crippen LogP contribution in [0.4, 0.5) is 5.69 Å². The fourth-order valence-electron chi connectivity index (χ4n) is 1.18. The van der Waals surface area contributed by atoms with E-state index < -0.39 is 0 Å². The number of anilines is 1. The van der Waals surface area contributed by atoms with E-state index in [0.29, 0.717) is 17.2 Å². The molecule has 0 atom stereocenters. The first-order valence-corrected chi connectivity index (χ1v) is 4.54. The number of nitrogen functional groups attached to an aromatic ring is 1. The van der Waals surface area contributed by atoms with Crippen LogP contribution in [0.1, 0.15) is 0 Å². The number of ether oxygens (including phenoxy) is 2. The summed E-state index contributed by atoms with van der Waals surface area (Å²) in [5.74, 6) is 1.04. The minimum atomic E-state index is 0.268. The van der Waals surface area contributed by atoms with Crippen LogP contribution < -0.4 is 15.2 Å². The second kappa shape index (κ2) is 4.05. The summed E-state index contributed by atoms with van der Waals surface area (Å²) >= 11 is 0. The monoisotopic (exact) mass is 221 g/mol. The number of hydrogen-bond acceptors (Lipinski definition) is 6. The van der Waals surface area contributed by atoms with Crippen LogP contribution >= 0.6 is 0 Å². The largest absolute Gasteiger partial charge is 0.493 e. The first-order chi connectivity index (χ1) is 7.70. The summed E-state index contributed by atoms with van der Waals surface area (Å²) in [6.45, 7) is 0. The van der Waals surface area contributed by atoms with E-state index in [4.69, 9.17) is 15.2 Å². The Balaban J connectivity index is 2.33. The predicted molar refractivity (Wildman–Crippen MR) is 56.3 cm³/mol. The molecule has 0 fully saturated rings. The molecule has 0 saturated heterocycles. The van der Waals surface area contributed by atoms with Gasteiger partial charge in [-0.2, -0.15) is 4.68 Å². The second-order valence-corrected chi connectivity index (χ2v) is 3.10. The number of rotatable bonds is 3. The molecule has 16 heavy (non-hydrogen) atoms. The van der Waals surface area contributed by atoms with Gasteiger partial charge in [0.25, 0.3) is 0 Å². The fraction of sp³-hybridized carbons (Fsp3) is 0.222. The van der Waals surface area contributed by atoms with E-state index in [9.17, 15) is 0 Å². The molecule has 0 amide bonds. The van der Waals surface area contributed by atoms with Gasteiger partial charge in [-0.3, -0.25) is 0 Å². The molecule has 84 valence electrons. The normalized spacial score (nSPS) is 10.1. The van der Waals surface area contributed by atoms with Gasteiger partial charge in [0.15, 0.2) is 11.5 Å². The van der Waals surface area contributed by atoms with E-state index in [1.807, 2.05) is 0 Å².